The van der Waals surface area contributed by atoms with Crippen molar-refractivity contribution < 1.29 is 0 Å². The molecule has 1 aromatic rings. The van der Waals surface area contributed by atoms with Crippen LogP contribution in [-0.2, 0) is 0 Å². The highest BCUT2D eigenvalue weighted by Gasteiger charge is 2.10. The second-order valence-corrected chi connectivity index (χ2v) is 5.46. The summed E-state index contributed by atoms with van der Waals surface area (Å²) in [5.74, 6) is 1.19. The van der Waals surface area contributed by atoms with Crippen LogP contribution in [0.4, 0.5) is 5.69 Å². The fourth-order valence-electron chi connectivity index (χ4n) is 1.61. The number of thioether (sulfide) groups is 1. The number of anilines is 1. The van der Waals surface area contributed by atoms with E-state index in [9.17, 15) is 0 Å². The molecule has 0 fully saturated rings. The van der Waals surface area contributed by atoms with E-state index in [1.54, 1.807) is 0 Å². The van der Waals surface area contributed by atoms with Crippen LogP contribution in [0.3, 0.4) is 0 Å². The fourth-order valence-corrected chi connectivity index (χ4v) is 2.19. The van der Waals surface area contributed by atoms with Crippen LogP contribution in [0.2, 0.25) is 0 Å². The van der Waals surface area contributed by atoms with Crippen molar-refractivity contribution in [1.82, 2.24) is 4.98 Å². The Labute approximate surface area is 109 Å². The van der Waals surface area contributed by atoms with Crippen molar-refractivity contribution in [2.75, 3.05) is 24.0 Å². The van der Waals surface area contributed by atoms with E-state index in [2.05, 4.69) is 36.2 Å². The van der Waals surface area contributed by atoms with Crippen molar-refractivity contribution in [2.45, 2.75) is 32.4 Å². The average Bonchev–Trinajstić information content (AvgIpc) is 2.35. The molecule has 0 saturated carbocycles. The number of rotatable bonds is 6. The van der Waals surface area contributed by atoms with Gasteiger partial charge in [0.2, 0.25) is 0 Å². The smallest absolute Gasteiger partial charge is 0.0569 e. The molecule has 0 aliphatic carbocycles. The van der Waals surface area contributed by atoms with Crippen LogP contribution in [0.1, 0.15) is 32.0 Å². The predicted octanol–water partition coefficient (Wildman–Crippen LogP) is 2.68. The molecule has 1 heterocycles. The van der Waals surface area contributed by atoms with Crippen LogP contribution in [-0.4, -0.2) is 30.1 Å². The second kappa shape index (κ2) is 6.87. The molecule has 0 aliphatic heterocycles. The van der Waals surface area contributed by atoms with E-state index in [0.29, 0.717) is 6.04 Å². The molecule has 0 aromatic carbocycles. The summed E-state index contributed by atoms with van der Waals surface area (Å²) < 4.78 is 0. The zero-order valence-corrected chi connectivity index (χ0v) is 12.0. The van der Waals surface area contributed by atoms with Gasteiger partial charge in [-0.05, 0) is 44.4 Å². The van der Waals surface area contributed by atoms with Gasteiger partial charge >= 0.3 is 0 Å². The average molecular weight is 253 g/mol. The normalized spacial score (nSPS) is 14.4. The lowest BCUT2D eigenvalue weighted by atomic mass is 10.2. The van der Waals surface area contributed by atoms with Crippen LogP contribution in [0.15, 0.2) is 18.3 Å². The minimum atomic E-state index is 0.00303. The third kappa shape index (κ3) is 4.21. The molecule has 1 rings (SSSR count). The quantitative estimate of drug-likeness (QED) is 0.846. The van der Waals surface area contributed by atoms with Gasteiger partial charge in [-0.1, -0.05) is 0 Å². The Kier molecular flexibility index (Phi) is 5.78. The number of hydrogen-bond acceptors (Lipinski definition) is 4. The van der Waals surface area contributed by atoms with E-state index in [-0.39, 0.29) is 6.04 Å². The molecular weight excluding hydrogens is 230 g/mol. The Morgan fingerprint density at radius 1 is 1.41 bits per heavy atom. The molecule has 1 aromatic heterocycles. The van der Waals surface area contributed by atoms with Gasteiger partial charge in [-0.2, -0.15) is 11.8 Å². The molecule has 0 aliphatic rings. The monoisotopic (exact) mass is 253 g/mol. The van der Waals surface area contributed by atoms with Crippen LogP contribution in [0.25, 0.3) is 0 Å². The van der Waals surface area contributed by atoms with Crippen molar-refractivity contribution in [2.24, 2.45) is 5.73 Å². The summed E-state index contributed by atoms with van der Waals surface area (Å²) in [5, 5.41) is 0. The van der Waals surface area contributed by atoms with Gasteiger partial charge in [-0.25, -0.2) is 0 Å². The molecule has 2 N–H and O–H groups in total. The molecule has 0 amide bonds. The molecule has 3 nitrogen and oxygen atoms in total. The lowest BCUT2D eigenvalue weighted by Crippen LogP contribution is -2.29. The molecular formula is C13H23N3S. The highest BCUT2D eigenvalue weighted by atomic mass is 32.2. The third-order valence-corrected chi connectivity index (χ3v) is 3.69. The van der Waals surface area contributed by atoms with Crippen molar-refractivity contribution in [3.63, 3.8) is 0 Å². The Balaban J connectivity index is 2.65. The number of aromatic nitrogens is 1. The standard InChI is InChI=1S/C13H23N3S/c1-10(7-8-17-4)16(3)12-5-6-13(11(2)14)15-9-12/h5-6,9-11H,7-8,14H2,1-4H3. The van der Waals surface area contributed by atoms with Crippen LogP contribution in [0, 0.1) is 0 Å². The summed E-state index contributed by atoms with van der Waals surface area (Å²) >= 11 is 1.89. The van der Waals surface area contributed by atoms with E-state index in [1.807, 2.05) is 30.9 Å². The van der Waals surface area contributed by atoms with Gasteiger partial charge < -0.3 is 10.6 Å². The first-order valence-corrected chi connectivity index (χ1v) is 7.39. The van der Waals surface area contributed by atoms with Crippen molar-refractivity contribution >= 4 is 17.4 Å². The summed E-state index contributed by atoms with van der Waals surface area (Å²) in [4.78, 5) is 6.66. The molecule has 0 spiro atoms. The van der Waals surface area contributed by atoms with E-state index in [1.165, 1.54) is 12.2 Å². The summed E-state index contributed by atoms with van der Waals surface area (Å²) in [6, 6.07) is 4.65. The maximum Gasteiger partial charge on any atom is 0.0569 e. The summed E-state index contributed by atoms with van der Waals surface area (Å²) in [7, 11) is 2.12. The van der Waals surface area contributed by atoms with E-state index in [0.717, 1.165) is 11.4 Å². The second-order valence-electron chi connectivity index (χ2n) is 4.47. The molecule has 0 saturated heterocycles. The van der Waals surface area contributed by atoms with Gasteiger partial charge in [0.25, 0.3) is 0 Å². The number of hydrogen-bond donors (Lipinski definition) is 1. The fraction of sp³-hybridized carbons (Fsp3) is 0.615. The Morgan fingerprint density at radius 2 is 2.12 bits per heavy atom. The first-order chi connectivity index (χ1) is 8.06. The zero-order chi connectivity index (χ0) is 12.8. The summed E-state index contributed by atoms with van der Waals surface area (Å²) in [6.45, 7) is 4.20. The molecule has 96 valence electrons. The molecule has 17 heavy (non-hydrogen) atoms. The van der Waals surface area contributed by atoms with Gasteiger partial charge in [0.05, 0.1) is 17.6 Å². The van der Waals surface area contributed by atoms with E-state index in [4.69, 9.17) is 5.73 Å². The van der Waals surface area contributed by atoms with Gasteiger partial charge in [0, 0.05) is 19.1 Å². The number of nitrogens with two attached hydrogens (primary N) is 1. The Hall–Kier alpha value is -0.740. The zero-order valence-electron chi connectivity index (χ0n) is 11.2. The number of pyridine rings is 1. The van der Waals surface area contributed by atoms with Gasteiger partial charge in [0.15, 0.2) is 0 Å². The van der Waals surface area contributed by atoms with Crippen molar-refractivity contribution in [3.05, 3.63) is 24.0 Å². The van der Waals surface area contributed by atoms with Gasteiger partial charge in [0.1, 0.15) is 0 Å². The maximum atomic E-state index is 5.79. The van der Waals surface area contributed by atoms with Gasteiger partial charge in [-0.15, -0.1) is 0 Å². The molecule has 2 atom stereocenters. The lowest BCUT2D eigenvalue weighted by molar-refractivity contribution is 0.667. The summed E-state index contributed by atoms with van der Waals surface area (Å²) in [6.07, 6.45) is 5.24. The first kappa shape index (κ1) is 14.3. The highest BCUT2D eigenvalue weighted by molar-refractivity contribution is 7.98. The molecule has 2 unspecified atom stereocenters. The van der Waals surface area contributed by atoms with Crippen LogP contribution >= 0.6 is 11.8 Å². The summed E-state index contributed by atoms with van der Waals surface area (Å²) in [5.41, 5.74) is 7.89. The SMILES string of the molecule is CSCCC(C)N(C)c1ccc(C(C)N)nc1. The third-order valence-electron chi connectivity index (χ3n) is 3.05. The lowest BCUT2D eigenvalue weighted by Gasteiger charge is -2.26. The highest BCUT2D eigenvalue weighted by Crippen LogP contribution is 2.18. The minimum absolute atomic E-state index is 0.00303. The molecule has 4 heteroatoms. The van der Waals surface area contributed by atoms with Crippen LogP contribution < -0.4 is 10.6 Å². The Bertz CT molecular complexity index is 324. The van der Waals surface area contributed by atoms with Crippen molar-refractivity contribution in [1.29, 1.82) is 0 Å². The first-order valence-electron chi connectivity index (χ1n) is 5.99. The van der Waals surface area contributed by atoms with Crippen LogP contribution in [0.5, 0.6) is 0 Å². The number of nitrogens with zero attached hydrogens (tertiary/aromatic N) is 2. The maximum absolute atomic E-state index is 5.79. The van der Waals surface area contributed by atoms with Gasteiger partial charge in [-0.3, -0.25) is 4.98 Å². The molecule has 0 radical (unpaired) electrons. The largest absolute Gasteiger partial charge is 0.371 e. The van der Waals surface area contributed by atoms with E-state index >= 15 is 0 Å². The minimum Gasteiger partial charge on any atom is -0.371 e. The topological polar surface area (TPSA) is 42.1 Å². The molecule has 0 bridgehead atoms. The van der Waals surface area contributed by atoms with E-state index < -0.39 is 0 Å². The predicted molar refractivity (Wildman–Crippen MR) is 77.7 cm³/mol. The van der Waals surface area contributed by atoms with Crippen molar-refractivity contribution in [3.8, 4) is 0 Å². The Morgan fingerprint density at radius 3 is 2.59 bits per heavy atom.